The van der Waals surface area contributed by atoms with E-state index in [1.165, 1.54) is 0 Å². The number of para-hydroxylation sites is 1. The second-order valence-electron chi connectivity index (χ2n) is 4.18. The molecule has 0 unspecified atom stereocenters. The van der Waals surface area contributed by atoms with E-state index in [9.17, 15) is 0 Å². The van der Waals surface area contributed by atoms with Gasteiger partial charge in [-0.25, -0.2) is 4.98 Å². The van der Waals surface area contributed by atoms with Crippen molar-refractivity contribution >= 4 is 22.5 Å². The van der Waals surface area contributed by atoms with Gasteiger partial charge in [0.1, 0.15) is 5.82 Å². The van der Waals surface area contributed by atoms with Crippen LogP contribution in [0.5, 0.6) is 0 Å². The lowest BCUT2D eigenvalue weighted by Gasteiger charge is -2.03. The summed E-state index contributed by atoms with van der Waals surface area (Å²) < 4.78 is 1.94. The number of aromatic nitrogens is 3. The Balaban J connectivity index is 2.29. The third-order valence-corrected chi connectivity index (χ3v) is 3.44. The number of nitrogens with two attached hydrogens (primary N) is 1. The molecule has 0 spiro atoms. The highest BCUT2D eigenvalue weighted by atomic mass is 35.5. The molecule has 0 saturated carbocycles. The van der Waals surface area contributed by atoms with E-state index in [1.807, 2.05) is 36.0 Å². The Morgan fingerprint density at radius 1 is 1.39 bits per heavy atom. The number of H-pyrrole nitrogens is 1. The maximum Gasteiger partial charge on any atom is 0.155 e. The number of aromatic amines is 1. The minimum atomic E-state index is 0.374. The first-order valence-electron chi connectivity index (χ1n) is 5.70. The van der Waals surface area contributed by atoms with E-state index in [1.54, 1.807) is 0 Å². The first kappa shape index (κ1) is 11.3. The van der Waals surface area contributed by atoms with Crippen molar-refractivity contribution in [2.75, 3.05) is 0 Å². The number of hydrogen-bond donors (Lipinski definition) is 2. The fourth-order valence-electron chi connectivity index (χ4n) is 2.25. The Hall–Kier alpha value is -1.78. The first-order valence-corrected chi connectivity index (χ1v) is 6.08. The van der Waals surface area contributed by atoms with Crippen LogP contribution in [0.3, 0.4) is 0 Å². The quantitative estimate of drug-likeness (QED) is 0.744. The second kappa shape index (κ2) is 4.15. The number of fused-ring (bicyclic) bond motifs is 1. The average molecular weight is 261 g/mol. The van der Waals surface area contributed by atoms with Crippen molar-refractivity contribution in [2.45, 2.75) is 6.54 Å². The zero-order valence-corrected chi connectivity index (χ0v) is 10.7. The number of benzene rings is 1. The van der Waals surface area contributed by atoms with E-state index >= 15 is 0 Å². The van der Waals surface area contributed by atoms with Gasteiger partial charge in [-0.15, -0.1) is 0 Å². The number of hydrogen-bond acceptors (Lipinski definition) is 2. The maximum absolute atomic E-state index is 6.22. The molecule has 3 aromatic rings. The summed E-state index contributed by atoms with van der Waals surface area (Å²) in [7, 11) is 1.93. The van der Waals surface area contributed by atoms with Gasteiger partial charge in [-0.2, -0.15) is 0 Å². The number of rotatable bonds is 2. The molecule has 18 heavy (non-hydrogen) atoms. The number of nitrogens with one attached hydrogen (secondary N) is 1. The van der Waals surface area contributed by atoms with Crippen LogP contribution >= 0.6 is 11.6 Å². The van der Waals surface area contributed by atoms with Crippen molar-refractivity contribution in [1.29, 1.82) is 0 Å². The summed E-state index contributed by atoms with van der Waals surface area (Å²) in [5, 5.41) is 1.62. The summed E-state index contributed by atoms with van der Waals surface area (Å²) in [6, 6.07) is 8.10. The number of nitrogens with zero attached hydrogens (tertiary/aromatic N) is 2. The Morgan fingerprint density at radius 3 is 2.89 bits per heavy atom. The smallest absolute Gasteiger partial charge is 0.155 e. The van der Waals surface area contributed by atoms with Crippen LogP contribution in [-0.2, 0) is 13.6 Å². The van der Waals surface area contributed by atoms with Crippen LogP contribution in [0.2, 0.25) is 5.15 Å². The van der Waals surface area contributed by atoms with E-state index in [0.29, 0.717) is 11.7 Å². The van der Waals surface area contributed by atoms with Gasteiger partial charge in [0.05, 0.1) is 12.2 Å². The lowest BCUT2D eigenvalue weighted by atomic mass is 10.1. The summed E-state index contributed by atoms with van der Waals surface area (Å²) in [5.41, 5.74) is 8.68. The molecule has 4 nitrogen and oxygen atoms in total. The van der Waals surface area contributed by atoms with E-state index in [0.717, 1.165) is 28.0 Å². The normalized spacial score (nSPS) is 11.3. The molecule has 1 aromatic carbocycles. The Morgan fingerprint density at radius 2 is 2.17 bits per heavy atom. The van der Waals surface area contributed by atoms with Crippen molar-refractivity contribution in [3.05, 3.63) is 41.4 Å². The van der Waals surface area contributed by atoms with Crippen molar-refractivity contribution in [3.63, 3.8) is 0 Å². The molecule has 0 fully saturated rings. The van der Waals surface area contributed by atoms with Gasteiger partial charge in [0, 0.05) is 29.7 Å². The molecule has 0 aliphatic heterocycles. The molecular weight excluding hydrogens is 248 g/mol. The van der Waals surface area contributed by atoms with Gasteiger partial charge in [-0.1, -0.05) is 29.8 Å². The minimum absolute atomic E-state index is 0.374. The zero-order valence-electron chi connectivity index (χ0n) is 9.94. The highest BCUT2D eigenvalue weighted by molar-refractivity contribution is 6.32. The summed E-state index contributed by atoms with van der Waals surface area (Å²) >= 11 is 6.22. The summed E-state index contributed by atoms with van der Waals surface area (Å²) in [4.78, 5) is 7.52. The third kappa shape index (κ3) is 1.54. The molecule has 0 saturated heterocycles. The molecular formula is C13H13ClN4. The molecule has 0 atom stereocenters. The molecule has 3 N–H and O–H groups in total. The molecule has 0 aliphatic rings. The van der Waals surface area contributed by atoms with E-state index in [-0.39, 0.29) is 0 Å². The van der Waals surface area contributed by atoms with Gasteiger partial charge >= 0.3 is 0 Å². The van der Waals surface area contributed by atoms with E-state index in [2.05, 4.69) is 16.0 Å². The van der Waals surface area contributed by atoms with Crippen molar-refractivity contribution in [2.24, 2.45) is 12.8 Å². The first-order chi connectivity index (χ1) is 8.72. The monoisotopic (exact) mass is 260 g/mol. The molecule has 2 aromatic heterocycles. The van der Waals surface area contributed by atoms with Crippen LogP contribution in [0.4, 0.5) is 0 Å². The lowest BCUT2D eigenvalue weighted by molar-refractivity contribution is 0.799. The van der Waals surface area contributed by atoms with Gasteiger partial charge in [-0.3, -0.25) is 0 Å². The van der Waals surface area contributed by atoms with Gasteiger partial charge in [0.25, 0.3) is 0 Å². The van der Waals surface area contributed by atoms with Gasteiger partial charge < -0.3 is 15.3 Å². The minimum Gasteiger partial charge on any atom is -0.360 e. The van der Waals surface area contributed by atoms with Crippen LogP contribution in [0.25, 0.3) is 22.2 Å². The van der Waals surface area contributed by atoms with E-state index in [4.69, 9.17) is 17.3 Å². The highest BCUT2D eigenvalue weighted by Crippen LogP contribution is 2.33. The van der Waals surface area contributed by atoms with Crippen molar-refractivity contribution < 1.29 is 0 Å². The molecule has 2 heterocycles. The highest BCUT2D eigenvalue weighted by Gasteiger charge is 2.16. The largest absolute Gasteiger partial charge is 0.360 e. The topological polar surface area (TPSA) is 59.6 Å². The van der Waals surface area contributed by atoms with Crippen LogP contribution in [0.1, 0.15) is 5.82 Å². The van der Waals surface area contributed by atoms with Crippen LogP contribution in [0.15, 0.2) is 30.5 Å². The predicted molar refractivity (Wildman–Crippen MR) is 73.4 cm³/mol. The zero-order chi connectivity index (χ0) is 12.7. The Kier molecular flexibility index (Phi) is 2.61. The second-order valence-corrected chi connectivity index (χ2v) is 4.54. The molecule has 0 bridgehead atoms. The van der Waals surface area contributed by atoms with Crippen LogP contribution in [0, 0.1) is 0 Å². The molecule has 0 amide bonds. The maximum atomic E-state index is 6.22. The number of imidazole rings is 1. The fraction of sp³-hybridized carbons (Fsp3) is 0.154. The molecule has 0 aliphatic carbocycles. The van der Waals surface area contributed by atoms with Crippen molar-refractivity contribution in [1.82, 2.24) is 14.5 Å². The van der Waals surface area contributed by atoms with E-state index < -0.39 is 0 Å². The van der Waals surface area contributed by atoms with Gasteiger partial charge in [0.2, 0.25) is 0 Å². The predicted octanol–water partition coefficient (Wildman–Crippen LogP) is 2.68. The fourth-order valence-corrected chi connectivity index (χ4v) is 2.58. The average Bonchev–Trinajstić information content (AvgIpc) is 2.91. The van der Waals surface area contributed by atoms with Gasteiger partial charge in [0.15, 0.2) is 5.15 Å². The third-order valence-electron chi connectivity index (χ3n) is 3.17. The Bertz CT molecular complexity index is 711. The van der Waals surface area contributed by atoms with Crippen LogP contribution in [-0.4, -0.2) is 14.5 Å². The van der Waals surface area contributed by atoms with Crippen LogP contribution < -0.4 is 5.73 Å². The standard InChI is InChI=1S/C13H13ClN4/c1-18-11(6-15)17-13(14)12(18)9-7-16-10-5-3-2-4-8(9)10/h2-5,7,16H,6,15H2,1H3. The summed E-state index contributed by atoms with van der Waals surface area (Å²) in [6.45, 7) is 0.374. The SMILES string of the molecule is Cn1c(CN)nc(Cl)c1-c1c[nH]c2ccccc12. The summed E-state index contributed by atoms with van der Waals surface area (Å²) in [6.07, 6.45) is 1.95. The molecule has 0 radical (unpaired) electrons. The van der Waals surface area contributed by atoms with Gasteiger partial charge in [-0.05, 0) is 6.07 Å². The number of halogens is 1. The summed E-state index contributed by atoms with van der Waals surface area (Å²) in [5.74, 6) is 0.778. The molecule has 3 rings (SSSR count). The van der Waals surface area contributed by atoms with Crippen molar-refractivity contribution in [3.8, 4) is 11.3 Å². The lowest BCUT2D eigenvalue weighted by Crippen LogP contribution is -2.05. The Labute approximate surface area is 109 Å². The molecule has 92 valence electrons. The molecule has 5 heteroatoms.